The first-order valence-corrected chi connectivity index (χ1v) is 6.85. The van der Waals surface area contributed by atoms with E-state index in [1.807, 2.05) is 6.92 Å². The second kappa shape index (κ2) is 6.64. The molecule has 114 valence electrons. The predicted octanol–water partition coefficient (Wildman–Crippen LogP) is 0.102. The van der Waals surface area contributed by atoms with Gasteiger partial charge in [0.1, 0.15) is 5.92 Å². The molecular formula is C14H19N3O4. The van der Waals surface area contributed by atoms with Gasteiger partial charge in [0, 0.05) is 24.8 Å². The Hall–Kier alpha value is -1.99. The van der Waals surface area contributed by atoms with Crippen LogP contribution in [0.5, 0.6) is 0 Å². The predicted molar refractivity (Wildman–Crippen MR) is 74.6 cm³/mol. The quantitative estimate of drug-likeness (QED) is 0.797. The molecule has 0 radical (unpaired) electrons. The zero-order chi connectivity index (χ0) is 15.4. The molecule has 1 aliphatic rings. The molecule has 1 fully saturated rings. The summed E-state index contributed by atoms with van der Waals surface area (Å²) in [6.45, 7) is 2.86. The van der Waals surface area contributed by atoms with Gasteiger partial charge in [0.05, 0.1) is 24.9 Å². The number of nitrogens with zero attached hydrogens (tertiary/aromatic N) is 2. The third-order valence-electron chi connectivity index (χ3n) is 3.64. The van der Waals surface area contributed by atoms with Crippen LogP contribution in [-0.2, 0) is 16.1 Å². The lowest BCUT2D eigenvalue weighted by atomic mass is 10.0. The lowest BCUT2D eigenvalue weighted by Gasteiger charge is -2.29. The molecule has 7 nitrogen and oxygen atoms in total. The lowest BCUT2D eigenvalue weighted by Crippen LogP contribution is -2.46. The first kappa shape index (κ1) is 15.4. The normalized spacial score (nSPS) is 21.2. The third kappa shape index (κ3) is 3.20. The van der Waals surface area contributed by atoms with E-state index in [1.165, 1.54) is 6.20 Å². The zero-order valence-electron chi connectivity index (χ0n) is 11.9. The summed E-state index contributed by atoms with van der Waals surface area (Å²) in [5.74, 6) is -1.86. The molecule has 0 spiro atoms. The molecule has 2 rings (SSSR count). The SMILES string of the molecule is CCN(C(=O)c1ccnc(CN)c1)C1COCC1C(=O)O. The van der Waals surface area contributed by atoms with Crippen molar-refractivity contribution in [2.75, 3.05) is 19.8 Å². The van der Waals surface area contributed by atoms with Gasteiger partial charge in [-0.15, -0.1) is 0 Å². The van der Waals surface area contributed by atoms with Crippen LogP contribution in [-0.4, -0.2) is 52.7 Å². The minimum atomic E-state index is -0.943. The van der Waals surface area contributed by atoms with Crippen LogP contribution in [0.1, 0.15) is 23.0 Å². The first-order valence-electron chi connectivity index (χ1n) is 6.85. The van der Waals surface area contributed by atoms with Crippen molar-refractivity contribution in [3.63, 3.8) is 0 Å². The number of rotatable bonds is 5. The molecule has 0 aliphatic carbocycles. The first-order chi connectivity index (χ1) is 10.1. The van der Waals surface area contributed by atoms with E-state index in [2.05, 4.69) is 4.98 Å². The van der Waals surface area contributed by atoms with Gasteiger partial charge in [0.2, 0.25) is 0 Å². The van der Waals surface area contributed by atoms with Crippen LogP contribution in [0.2, 0.25) is 0 Å². The highest BCUT2D eigenvalue weighted by Gasteiger charge is 2.39. The van der Waals surface area contributed by atoms with Crippen molar-refractivity contribution in [1.82, 2.24) is 9.88 Å². The molecule has 1 aliphatic heterocycles. The van der Waals surface area contributed by atoms with E-state index in [0.717, 1.165) is 0 Å². The average molecular weight is 293 g/mol. The van der Waals surface area contributed by atoms with E-state index in [9.17, 15) is 14.7 Å². The minimum absolute atomic E-state index is 0.133. The van der Waals surface area contributed by atoms with E-state index >= 15 is 0 Å². The fourth-order valence-electron chi connectivity index (χ4n) is 2.50. The summed E-state index contributed by atoms with van der Waals surface area (Å²) >= 11 is 0. The number of pyridine rings is 1. The Balaban J connectivity index is 2.23. The number of carbonyl (C=O) groups excluding carboxylic acids is 1. The maximum atomic E-state index is 12.6. The molecule has 2 heterocycles. The highest BCUT2D eigenvalue weighted by molar-refractivity contribution is 5.94. The number of ether oxygens (including phenoxy) is 1. The van der Waals surface area contributed by atoms with Crippen LogP contribution < -0.4 is 5.73 Å². The number of carboxylic acid groups (broad SMARTS) is 1. The van der Waals surface area contributed by atoms with Gasteiger partial charge in [0.25, 0.3) is 5.91 Å². The van der Waals surface area contributed by atoms with Crippen molar-refractivity contribution in [2.45, 2.75) is 19.5 Å². The van der Waals surface area contributed by atoms with Crippen LogP contribution in [0.15, 0.2) is 18.3 Å². The average Bonchev–Trinajstić information content (AvgIpc) is 2.97. The van der Waals surface area contributed by atoms with Gasteiger partial charge >= 0.3 is 5.97 Å². The molecule has 2 unspecified atom stereocenters. The number of carboxylic acids is 1. The van der Waals surface area contributed by atoms with Crippen LogP contribution >= 0.6 is 0 Å². The van der Waals surface area contributed by atoms with E-state index < -0.39 is 17.9 Å². The zero-order valence-corrected chi connectivity index (χ0v) is 11.9. The Morgan fingerprint density at radius 2 is 2.29 bits per heavy atom. The number of hydrogen-bond donors (Lipinski definition) is 2. The maximum absolute atomic E-state index is 12.6. The fourth-order valence-corrected chi connectivity index (χ4v) is 2.50. The molecule has 1 amide bonds. The van der Waals surface area contributed by atoms with Gasteiger partial charge in [-0.25, -0.2) is 0 Å². The van der Waals surface area contributed by atoms with Gasteiger partial charge in [-0.2, -0.15) is 0 Å². The second-order valence-corrected chi connectivity index (χ2v) is 4.88. The summed E-state index contributed by atoms with van der Waals surface area (Å²) in [6, 6.07) is 2.79. The number of nitrogens with two attached hydrogens (primary N) is 1. The summed E-state index contributed by atoms with van der Waals surface area (Å²) in [4.78, 5) is 29.5. The highest BCUT2D eigenvalue weighted by Crippen LogP contribution is 2.22. The van der Waals surface area contributed by atoms with Crippen molar-refractivity contribution in [3.8, 4) is 0 Å². The Morgan fingerprint density at radius 3 is 2.90 bits per heavy atom. The van der Waals surface area contributed by atoms with Crippen LogP contribution in [0.25, 0.3) is 0 Å². The van der Waals surface area contributed by atoms with E-state index in [-0.39, 0.29) is 25.7 Å². The summed E-state index contributed by atoms with van der Waals surface area (Å²) in [5, 5.41) is 9.22. The Kier molecular flexibility index (Phi) is 4.87. The second-order valence-electron chi connectivity index (χ2n) is 4.88. The number of amides is 1. The minimum Gasteiger partial charge on any atom is -0.481 e. The van der Waals surface area contributed by atoms with Gasteiger partial charge < -0.3 is 20.5 Å². The standard InChI is InChI=1S/C14H19N3O4/c1-2-17(12-8-21-7-11(12)14(19)20)13(18)9-3-4-16-10(5-9)6-15/h3-5,11-12H,2,6-8,15H2,1H3,(H,19,20). The van der Waals surface area contributed by atoms with Crippen molar-refractivity contribution in [1.29, 1.82) is 0 Å². The van der Waals surface area contributed by atoms with Crippen LogP contribution in [0.3, 0.4) is 0 Å². The third-order valence-corrected chi connectivity index (χ3v) is 3.64. The topological polar surface area (TPSA) is 106 Å². The molecule has 1 aromatic rings. The van der Waals surface area contributed by atoms with Crippen LogP contribution in [0, 0.1) is 5.92 Å². The van der Waals surface area contributed by atoms with Crippen molar-refractivity contribution in [2.24, 2.45) is 11.7 Å². The Bertz CT molecular complexity index is 535. The highest BCUT2D eigenvalue weighted by atomic mass is 16.5. The maximum Gasteiger partial charge on any atom is 0.311 e. The van der Waals surface area contributed by atoms with E-state index in [4.69, 9.17) is 10.5 Å². The summed E-state index contributed by atoms with van der Waals surface area (Å²) in [5.41, 5.74) is 6.61. The number of aliphatic carboxylic acids is 1. The number of likely N-dealkylation sites (N-methyl/N-ethyl adjacent to an activating group) is 1. The summed E-state index contributed by atoms with van der Waals surface area (Å²) in [7, 11) is 0. The largest absolute Gasteiger partial charge is 0.481 e. The van der Waals surface area contributed by atoms with Crippen molar-refractivity contribution >= 4 is 11.9 Å². The van der Waals surface area contributed by atoms with Crippen molar-refractivity contribution < 1.29 is 19.4 Å². The number of aromatic nitrogens is 1. The molecular weight excluding hydrogens is 274 g/mol. The molecule has 1 aromatic heterocycles. The van der Waals surface area contributed by atoms with Crippen molar-refractivity contribution in [3.05, 3.63) is 29.6 Å². The molecule has 0 saturated carbocycles. The van der Waals surface area contributed by atoms with Gasteiger partial charge in [0.15, 0.2) is 0 Å². The Morgan fingerprint density at radius 1 is 1.52 bits per heavy atom. The molecule has 0 bridgehead atoms. The monoisotopic (exact) mass is 293 g/mol. The molecule has 0 aromatic carbocycles. The fraction of sp³-hybridized carbons (Fsp3) is 0.500. The number of carbonyl (C=O) groups is 2. The van der Waals surface area contributed by atoms with E-state index in [1.54, 1.807) is 17.0 Å². The van der Waals surface area contributed by atoms with Gasteiger partial charge in [-0.3, -0.25) is 14.6 Å². The van der Waals surface area contributed by atoms with Gasteiger partial charge in [-0.1, -0.05) is 0 Å². The molecule has 2 atom stereocenters. The van der Waals surface area contributed by atoms with Gasteiger partial charge in [-0.05, 0) is 19.1 Å². The molecule has 3 N–H and O–H groups in total. The molecule has 21 heavy (non-hydrogen) atoms. The number of hydrogen-bond acceptors (Lipinski definition) is 5. The smallest absolute Gasteiger partial charge is 0.311 e. The molecule has 1 saturated heterocycles. The summed E-state index contributed by atoms with van der Waals surface area (Å²) < 4.78 is 5.24. The van der Waals surface area contributed by atoms with Crippen LogP contribution in [0.4, 0.5) is 0 Å². The lowest BCUT2D eigenvalue weighted by molar-refractivity contribution is -0.142. The molecule has 7 heteroatoms. The Labute approximate surface area is 122 Å². The summed E-state index contributed by atoms with van der Waals surface area (Å²) in [6.07, 6.45) is 1.53. The van der Waals surface area contributed by atoms with E-state index in [0.29, 0.717) is 17.8 Å².